The fourth-order valence-corrected chi connectivity index (χ4v) is 4.20. The van der Waals surface area contributed by atoms with E-state index >= 15 is 0 Å². The van der Waals surface area contributed by atoms with Crippen molar-refractivity contribution in [2.24, 2.45) is 0 Å². The molecule has 5 heteroatoms. The number of hydrogen-bond donors (Lipinski definition) is 0. The Morgan fingerprint density at radius 2 is 1.67 bits per heavy atom. The lowest BCUT2D eigenvalue weighted by Crippen LogP contribution is -2.39. The van der Waals surface area contributed by atoms with Crippen LogP contribution in [0, 0.1) is 0 Å². The zero-order chi connectivity index (χ0) is 21.5. The van der Waals surface area contributed by atoms with E-state index in [0.717, 1.165) is 42.3 Å². The van der Waals surface area contributed by atoms with Crippen molar-refractivity contribution in [2.45, 2.75) is 39.7 Å². The molecule has 0 N–H and O–H groups in total. The zero-order valence-electron chi connectivity index (χ0n) is 18.8. The quantitative estimate of drug-likeness (QED) is 0.596. The monoisotopic (exact) mass is 409 g/mol. The number of amides is 1. The highest BCUT2D eigenvalue weighted by molar-refractivity contribution is 5.95. The minimum atomic E-state index is 0.0834. The Labute approximate surface area is 181 Å². The third kappa shape index (κ3) is 5.14. The van der Waals surface area contributed by atoms with Crippen molar-refractivity contribution in [1.82, 2.24) is 9.80 Å². The maximum absolute atomic E-state index is 12.9. The Morgan fingerprint density at radius 3 is 2.30 bits per heavy atom. The van der Waals surface area contributed by atoms with Crippen LogP contribution in [0.25, 0.3) is 0 Å². The second kappa shape index (κ2) is 10.5. The number of ether oxygens (including phenoxy) is 1. The number of methoxy groups -OCH3 is 1. The largest absolute Gasteiger partial charge is 0.497 e. The fraction of sp³-hybridized carbons (Fsp3) is 0.480. The lowest BCUT2D eigenvalue weighted by atomic mass is 10.1. The maximum atomic E-state index is 12.9. The molecule has 0 aliphatic carbocycles. The topological polar surface area (TPSA) is 36.0 Å². The van der Waals surface area contributed by atoms with E-state index in [1.807, 2.05) is 49.1 Å². The van der Waals surface area contributed by atoms with Crippen molar-refractivity contribution >= 4 is 17.3 Å². The number of nitrogens with zero attached hydrogens (tertiary/aromatic N) is 3. The van der Waals surface area contributed by atoms with Gasteiger partial charge < -0.3 is 14.5 Å². The molecule has 0 spiro atoms. The lowest BCUT2D eigenvalue weighted by Gasteiger charge is -2.33. The van der Waals surface area contributed by atoms with Gasteiger partial charge in [-0.2, -0.15) is 0 Å². The molecule has 1 amide bonds. The molecule has 3 rings (SSSR count). The summed E-state index contributed by atoms with van der Waals surface area (Å²) in [6, 6.07) is 16.6. The summed E-state index contributed by atoms with van der Waals surface area (Å²) >= 11 is 0. The predicted octanol–water partition coefficient (Wildman–Crippen LogP) is 4.80. The minimum Gasteiger partial charge on any atom is -0.497 e. The second-order valence-electron chi connectivity index (χ2n) is 7.93. The standard InChI is InChI=1S/C25H35N3O2/c1-5-26(6-2)25(29)21-11-9-12-22(17-21)28(19-20(3)27-15-7-8-16-27)23-13-10-14-24(18-23)30-4/h9-14,17-18,20H,5-8,15-16,19H2,1-4H3. The van der Waals surface area contributed by atoms with E-state index in [-0.39, 0.29) is 5.91 Å². The summed E-state index contributed by atoms with van der Waals surface area (Å²) in [5.74, 6) is 0.918. The van der Waals surface area contributed by atoms with Gasteiger partial charge in [0.15, 0.2) is 0 Å². The van der Waals surface area contributed by atoms with E-state index in [0.29, 0.717) is 19.1 Å². The molecule has 1 unspecified atom stereocenters. The average Bonchev–Trinajstić information content (AvgIpc) is 3.33. The molecule has 1 fully saturated rings. The van der Waals surface area contributed by atoms with Crippen LogP contribution in [0.2, 0.25) is 0 Å². The molecule has 5 nitrogen and oxygen atoms in total. The molecule has 1 aliphatic heterocycles. The summed E-state index contributed by atoms with van der Waals surface area (Å²) < 4.78 is 5.47. The number of rotatable bonds is 9. The van der Waals surface area contributed by atoms with Gasteiger partial charge in [0.2, 0.25) is 0 Å². The molecule has 1 heterocycles. The van der Waals surface area contributed by atoms with Crippen molar-refractivity contribution in [2.75, 3.05) is 44.7 Å². The SMILES string of the molecule is CCN(CC)C(=O)c1cccc(N(CC(C)N2CCCC2)c2cccc(OC)c2)c1. The third-order valence-corrected chi connectivity index (χ3v) is 6.03. The third-order valence-electron chi connectivity index (χ3n) is 6.03. The first-order valence-corrected chi connectivity index (χ1v) is 11.1. The summed E-state index contributed by atoms with van der Waals surface area (Å²) in [5, 5.41) is 0. The molecule has 2 aromatic carbocycles. The molecule has 0 bridgehead atoms. The number of hydrogen-bond acceptors (Lipinski definition) is 4. The summed E-state index contributed by atoms with van der Waals surface area (Å²) in [5.41, 5.74) is 2.85. The van der Waals surface area contributed by atoms with E-state index < -0.39 is 0 Å². The van der Waals surface area contributed by atoms with Crippen LogP contribution >= 0.6 is 0 Å². The van der Waals surface area contributed by atoms with Gasteiger partial charge in [-0.15, -0.1) is 0 Å². The van der Waals surface area contributed by atoms with Crippen molar-refractivity contribution < 1.29 is 9.53 Å². The van der Waals surface area contributed by atoms with Gasteiger partial charge in [0.25, 0.3) is 5.91 Å². The second-order valence-corrected chi connectivity index (χ2v) is 7.93. The lowest BCUT2D eigenvalue weighted by molar-refractivity contribution is 0.0773. The molecule has 0 saturated carbocycles. The zero-order valence-corrected chi connectivity index (χ0v) is 18.8. The number of benzene rings is 2. The molecular weight excluding hydrogens is 374 g/mol. The van der Waals surface area contributed by atoms with E-state index in [9.17, 15) is 4.79 Å². The van der Waals surface area contributed by atoms with Crippen LogP contribution in [0.15, 0.2) is 48.5 Å². The Balaban J connectivity index is 1.94. The van der Waals surface area contributed by atoms with Crippen molar-refractivity contribution in [3.05, 3.63) is 54.1 Å². The number of anilines is 2. The summed E-state index contributed by atoms with van der Waals surface area (Å²) in [6.07, 6.45) is 2.55. The summed E-state index contributed by atoms with van der Waals surface area (Å²) in [7, 11) is 1.69. The molecule has 2 aromatic rings. The smallest absolute Gasteiger partial charge is 0.253 e. The van der Waals surface area contributed by atoms with Crippen LogP contribution in [0.5, 0.6) is 5.75 Å². The Kier molecular flexibility index (Phi) is 7.75. The molecule has 1 saturated heterocycles. The molecule has 0 radical (unpaired) electrons. The highest BCUT2D eigenvalue weighted by atomic mass is 16.5. The number of likely N-dealkylation sites (tertiary alicyclic amines) is 1. The van der Waals surface area contributed by atoms with Gasteiger partial charge in [0.05, 0.1) is 7.11 Å². The molecule has 30 heavy (non-hydrogen) atoms. The first kappa shape index (κ1) is 22.2. The predicted molar refractivity (Wildman–Crippen MR) is 124 cm³/mol. The average molecular weight is 410 g/mol. The van der Waals surface area contributed by atoms with Gasteiger partial charge in [0.1, 0.15) is 5.75 Å². The van der Waals surface area contributed by atoms with Crippen LogP contribution in [0.4, 0.5) is 11.4 Å². The van der Waals surface area contributed by atoms with Gasteiger partial charge in [-0.1, -0.05) is 12.1 Å². The van der Waals surface area contributed by atoms with Gasteiger partial charge >= 0.3 is 0 Å². The number of carbonyl (C=O) groups excluding carboxylic acids is 1. The Hall–Kier alpha value is -2.53. The van der Waals surface area contributed by atoms with Crippen LogP contribution in [0.3, 0.4) is 0 Å². The first-order valence-electron chi connectivity index (χ1n) is 11.1. The molecule has 1 atom stereocenters. The van der Waals surface area contributed by atoms with Gasteiger partial charge in [0, 0.05) is 48.7 Å². The normalized spacial score (nSPS) is 15.1. The number of carbonyl (C=O) groups is 1. The first-order chi connectivity index (χ1) is 14.6. The summed E-state index contributed by atoms with van der Waals surface area (Å²) in [6.45, 7) is 10.9. The van der Waals surface area contributed by atoms with Crippen LogP contribution in [0.1, 0.15) is 44.0 Å². The van der Waals surface area contributed by atoms with Gasteiger partial charge in [-0.25, -0.2) is 0 Å². The van der Waals surface area contributed by atoms with Crippen LogP contribution < -0.4 is 9.64 Å². The summed E-state index contributed by atoms with van der Waals surface area (Å²) in [4.78, 5) is 19.7. The van der Waals surface area contributed by atoms with Gasteiger partial charge in [-0.05, 0) is 77.0 Å². The van der Waals surface area contributed by atoms with Gasteiger partial charge in [-0.3, -0.25) is 9.69 Å². The Morgan fingerprint density at radius 1 is 1.03 bits per heavy atom. The van der Waals surface area contributed by atoms with Crippen molar-refractivity contribution in [3.8, 4) is 5.75 Å². The highest BCUT2D eigenvalue weighted by Crippen LogP contribution is 2.30. The molecule has 1 aliphatic rings. The fourth-order valence-electron chi connectivity index (χ4n) is 4.20. The van der Waals surface area contributed by atoms with E-state index in [1.165, 1.54) is 12.8 Å². The minimum absolute atomic E-state index is 0.0834. The molecule has 162 valence electrons. The van der Waals surface area contributed by atoms with E-state index in [4.69, 9.17) is 4.74 Å². The molecule has 0 aromatic heterocycles. The Bertz CT molecular complexity index is 829. The van der Waals surface area contributed by atoms with Crippen molar-refractivity contribution in [3.63, 3.8) is 0 Å². The van der Waals surface area contributed by atoms with Crippen LogP contribution in [-0.4, -0.2) is 61.6 Å². The highest BCUT2D eigenvalue weighted by Gasteiger charge is 2.23. The maximum Gasteiger partial charge on any atom is 0.253 e. The molecular formula is C25H35N3O2. The van der Waals surface area contributed by atoms with Crippen molar-refractivity contribution in [1.29, 1.82) is 0 Å². The van der Waals surface area contributed by atoms with Crippen LogP contribution in [-0.2, 0) is 0 Å². The van der Waals surface area contributed by atoms with E-state index in [2.05, 4.69) is 34.9 Å². The van der Waals surface area contributed by atoms with E-state index in [1.54, 1.807) is 7.11 Å².